The first-order valence-electron chi connectivity index (χ1n) is 7.88. The number of fused-ring (bicyclic) bond motifs is 1. The van der Waals surface area contributed by atoms with Gasteiger partial charge in [0.25, 0.3) is 0 Å². The standard InChI is InChI=1S/C17H24N2O2/c1-11(2)14-7-8-19-10-18-9-15(19)16(14)17(21)12-3-5-13(20)6-4-12/h7-13,17,20-21H,3-6H2,1-2H3/t12-,13+,17-/m1/s1. The molecule has 4 heteroatoms. The molecule has 2 aromatic heterocycles. The quantitative estimate of drug-likeness (QED) is 0.912. The Morgan fingerprint density at radius 2 is 1.95 bits per heavy atom. The Hall–Kier alpha value is -1.39. The highest BCUT2D eigenvalue weighted by Gasteiger charge is 2.29. The second-order valence-corrected chi connectivity index (χ2v) is 6.54. The molecule has 21 heavy (non-hydrogen) atoms. The molecule has 2 heterocycles. The molecule has 1 fully saturated rings. The third-order valence-corrected chi connectivity index (χ3v) is 4.77. The normalized spacial score (nSPS) is 24.6. The molecule has 0 saturated heterocycles. The summed E-state index contributed by atoms with van der Waals surface area (Å²) in [5.41, 5.74) is 3.22. The van der Waals surface area contributed by atoms with E-state index in [0.29, 0.717) is 5.92 Å². The van der Waals surface area contributed by atoms with Crippen molar-refractivity contribution >= 4 is 5.52 Å². The zero-order chi connectivity index (χ0) is 15.0. The van der Waals surface area contributed by atoms with E-state index in [9.17, 15) is 10.2 Å². The average molecular weight is 288 g/mol. The minimum atomic E-state index is -0.477. The number of aliphatic hydroxyl groups is 2. The van der Waals surface area contributed by atoms with Crippen LogP contribution in [0.3, 0.4) is 0 Å². The van der Waals surface area contributed by atoms with E-state index in [0.717, 1.165) is 36.8 Å². The Kier molecular flexibility index (Phi) is 4.00. The maximum absolute atomic E-state index is 11.0. The van der Waals surface area contributed by atoms with Gasteiger partial charge in [-0.25, -0.2) is 4.98 Å². The molecule has 0 radical (unpaired) electrons. The van der Waals surface area contributed by atoms with Crippen LogP contribution >= 0.6 is 0 Å². The van der Waals surface area contributed by atoms with Crippen LogP contribution in [0.1, 0.15) is 62.7 Å². The van der Waals surface area contributed by atoms with Crippen molar-refractivity contribution in [3.8, 4) is 0 Å². The molecule has 1 aliphatic carbocycles. The summed E-state index contributed by atoms with van der Waals surface area (Å²) in [5, 5.41) is 20.6. The van der Waals surface area contributed by atoms with Crippen molar-refractivity contribution in [3.05, 3.63) is 35.9 Å². The average Bonchev–Trinajstić information content (AvgIpc) is 2.94. The number of aromatic nitrogens is 2. The van der Waals surface area contributed by atoms with Crippen molar-refractivity contribution in [2.75, 3.05) is 0 Å². The molecule has 0 bridgehead atoms. The topological polar surface area (TPSA) is 57.8 Å². The van der Waals surface area contributed by atoms with E-state index in [4.69, 9.17) is 0 Å². The van der Waals surface area contributed by atoms with E-state index in [-0.39, 0.29) is 12.0 Å². The first-order valence-corrected chi connectivity index (χ1v) is 7.88. The summed E-state index contributed by atoms with van der Waals surface area (Å²) >= 11 is 0. The number of rotatable bonds is 3. The number of hydrogen-bond acceptors (Lipinski definition) is 3. The SMILES string of the molecule is CC(C)c1ccn2cncc2c1[C@H](O)[C@H]1CC[C@@H](O)CC1. The summed E-state index contributed by atoms with van der Waals surface area (Å²) in [5.74, 6) is 0.593. The van der Waals surface area contributed by atoms with Gasteiger partial charge in [-0.05, 0) is 49.1 Å². The zero-order valence-electron chi connectivity index (χ0n) is 12.7. The molecule has 0 unspecified atom stereocenters. The molecule has 0 spiro atoms. The van der Waals surface area contributed by atoms with Crippen LogP contribution in [0.5, 0.6) is 0 Å². The molecule has 2 N–H and O–H groups in total. The van der Waals surface area contributed by atoms with Crippen molar-refractivity contribution in [2.24, 2.45) is 5.92 Å². The van der Waals surface area contributed by atoms with Crippen LogP contribution in [-0.2, 0) is 0 Å². The lowest BCUT2D eigenvalue weighted by atomic mass is 9.79. The highest BCUT2D eigenvalue weighted by Crippen LogP contribution is 2.39. The summed E-state index contributed by atoms with van der Waals surface area (Å²) in [4.78, 5) is 4.21. The monoisotopic (exact) mass is 288 g/mol. The molecule has 0 aliphatic heterocycles. The largest absolute Gasteiger partial charge is 0.393 e. The first kappa shape index (κ1) is 14.5. The van der Waals surface area contributed by atoms with Crippen LogP contribution in [0, 0.1) is 5.92 Å². The fourth-order valence-electron chi connectivity index (χ4n) is 3.51. The molecule has 114 valence electrons. The fourth-order valence-corrected chi connectivity index (χ4v) is 3.51. The van der Waals surface area contributed by atoms with Crippen LogP contribution in [0.2, 0.25) is 0 Å². The summed E-state index contributed by atoms with van der Waals surface area (Å²) in [6.45, 7) is 4.31. The number of pyridine rings is 1. The molecule has 1 atom stereocenters. The van der Waals surface area contributed by atoms with Gasteiger partial charge in [0.15, 0.2) is 0 Å². The Morgan fingerprint density at radius 1 is 1.24 bits per heavy atom. The third kappa shape index (κ3) is 2.70. The molecule has 2 aromatic rings. The van der Waals surface area contributed by atoms with E-state index in [1.807, 2.05) is 16.8 Å². The number of imidazole rings is 1. The minimum Gasteiger partial charge on any atom is -0.393 e. The van der Waals surface area contributed by atoms with Gasteiger partial charge in [-0.1, -0.05) is 13.8 Å². The molecule has 0 amide bonds. The van der Waals surface area contributed by atoms with E-state index in [1.54, 1.807) is 6.33 Å². The van der Waals surface area contributed by atoms with Crippen LogP contribution in [0.4, 0.5) is 0 Å². The second-order valence-electron chi connectivity index (χ2n) is 6.54. The van der Waals surface area contributed by atoms with E-state index in [2.05, 4.69) is 24.9 Å². The van der Waals surface area contributed by atoms with Crippen molar-refractivity contribution in [1.29, 1.82) is 0 Å². The lowest BCUT2D eigenvalue weighted by Gasteiger charge is -2.31. The van der Waals surface area contributed by atoms with Gasteiger partial charge < -0.3 is 14.6 Å². The van der Waals surface area contributed by atoms with Gasteiger partial charge in [0, 0.05) is 11.8 Å². The van der Waals surface area contributed by atoms with Crippen molar-refractivity contribution in [3.63, 3.8) is 0 Å². The Labute approximate surface area is 125 Å². The van der Waals surface area contributed by atoms with Gasteiger partial charge in [0.1, 0.15) is 0 Å². The third-order valence-electron chi connectivity index (χ3n) is 4.77. The molecule has 1 aliphatic rings. The highest BCUT2D eigenvalue weighted by molar-refractivity contribution is 5.58. The molecule has 3 rings (SSSR count). The molecular formula is C17H24N2O2. The van der Waals surface area contributed by atoms with Crippen LogP contribution in [0.15, 0.2) is 24.8 Å². The van der Waals surface area contributed by atoms with Gasteiger partial charge in [0.2, 0.25) is 0 Å². The van der Waals surface area contributed by atoms with Crippen molar-refractivity contribution in [2.45, 2.75) is 57.7 Å². The minimum absolute atomic E-state index is 0.191. The summed E-state index contributed by atoms with van der Waals surface area (Å²) in [6.07, 6.45) is 8.31. The molecule has 4 nitrogen and oxygen atoms in total. The second kappa shape index (κ2) is 5.78. The highest BCUT2D eigenvalue weighted by atomic mass is 16.3. The number of aliphatic hydroxyl groups excluding tert-OH is 2. The lowest BCUT2D eigenvalue weighted by molar-refractivity contribution is 0.0414. The van der Waals surface area contributed by atoms with E-state index in [1.165, 1.54) is 5.56 Å². The van der Waals surface area contributed by atoms with Gasteiger partial charge >= 0.3 is 0 Å². The van der Waals surface area contributed by atoms with Gasteiger partial charge in [-0.2, -0.15) is 0 Å². The summed E-state index contributed by atoms with van der Waals surface area (Å²) in [7, 11) is 0. The van der Waals surface area contributed by atoms with Crippen LogP contribution < -0.4 is 0 Å². The Morgan fingerprint density at radius 3 is 2.62 bits per heavy atom. The Balaban J connectivity index is 2.01. The molecule has 0 aromatic carbocycles. The van der Waals surface area contributed by atoms with Gasteiger partial charge in [-0.3, -0.25) is 0 Å². The first-order chi connectivity index (χ1) is 10.1. The predicted molar refractivity (Wildman–Crippen MR) is 82.2 cm³/mol. The number of nitrogens with zero attached hydrogens (tertiary/aromatic N) is 2. The van der Waals surface area contributed by atoms with Crippen molar-refractivity contribution in [1.82, 2.24) is 9.38 Å². The van der Waals surface area contributed by atoms with E-state index < -0.39 is 6.10 Å². The Bertz CT molecular complexity index is 612. The van der Waals surface area contributed by atoms with E-state index >= 15 is 0 Å². The fraction of sp³-hybridized carbons (Fsp3) is 0.588. The van der Waals surface area contributed by atoms with Crippen molar-refractivity contribution < 1.29 is 10.2 Å². The maximum atomic E-state index is 11.0. The van der Waals surface area contributed by atoms with Gasteiger partial charge in [0.05, 0.1) is 30.2 Å². The lowest BCUT2D eigenvalue weighted by Crippen LogP contribution is -2.24. The zero-order valence-corrected chi connectivity index (χ0v) is 12.7. The summed E-state index contributed by atoms with van der Waals surface area (Å²) in [6, 6.07) is 2.09. The predicted octanol–water partition coefficient (Wildman–Crippen LogP) is 3.04. The summed E-state index contributed by atoms with van der Waals surface area (Å²) < 4.78 is 1.97. The van der Waals surface area contributed by atoms with Crippen LogP contribution in [-0.4, -0.2) is 25.7 Å². The van der Waals surface area contributed by atoms with Crippen LogP contribution in [0.25, 0.3) is 5.52 Å². The molecule has 1 saturated carbocycles. The van der Waals surface area contributed by atoms with Gasteiger partial charge in [-0.15, -0.1) is 0 Å². The number of hydrogen-bond donors (Lipinski definition) is 2. The molecular weight excluding hydrogens is 264 g/mol. The maximum Gasteiger partial charge on any atom is 0.0992 e. The smallest absolute Gasteiger partial charge is 0.0992 e.